The van der Waals surface area contributed by atoms with E-state index in [1.165, 1.54) is 6.07 Å². The monoisotopic (exact) mass is 439 g/mol. The molecule has 2 aromatic carbocycles. The molecule has 3 atom stereocenters. The highest BCUT2D eigenvalue weighted by Crippen LogP contribution is 2.43. The van der Waals surface area contributed by atoms with Gasteiger partial charge in [-0.2, -0.15) is 5.48 Å². The Kier molecular flexibility index (Phi) is 5.57. The van der Waals surface area contributed by atoms with Crippen molar-refractivity contribution in [1.82, 2.24) is 5.48 Å². The van der Waals surface area contributed by atoms with Crippen molar-refractivity contribution < 1.29 is 23.1 Å². The molecule has 0 bridgehead atoms. The van der Waals surface area contributed by atoms with Crippen molar-refractivity contribution in [2.24, 2.45) is 5.92 Å². The highest BCUT2D eigenvalue weighted by Gasteiger charge is 2.51. The molecule has 7 heteroatoms. The summed E-state index contributed by atoms with van der Waals surface area (Å²) in [4.78, 5) is 5.45. The van der Waals surface area contributed by atoms with Crippen molar-refractivity contribution in [2.45, 2.75) is 24.7 Å². The van der Waals surface area contributed by atoms with Gasteiger partial charge in [-0.15, -0.1) is 0 Å². The summed E-state index contributed by atoms with van der Waals surface area (Å²) in [5.74, 6) is -1.24. The predicted molar refractivity (Wildman–Crippen MR) is 98.8 cm³/mol. The van der Waals surface area contributed by atoms with Gasteiger partial charge in [0.05, 0.1) is 42.5 Å². The lowest BCUT2D eigenvalue weighted by Gasteiger charge is -2.41. The van der Waals surface area contributed by atoms with Gasteiger partial charge in [0.2, 0.25) is 0 Å². The normalized spacial score (nSPS) is 27.5. The van der Waals surface area contributed by atoms with Gasteiger partial charge in [-0.05, 0) is 34.0 Å². The summed E-state index contributed by atoms with van der Waals surface area (Å²) in [6.07, 6.45) is 0.568. The van der Waals surface area contributed by atoms with Crippen LogP contribution in [0.2, 0.25) is 0 Å². The maximum atomic E-state index is 14.5. The van der Waals surface area contributed by atoms with E-state index in [0.29, 0.717) is 31.8 Å². The molecule has 0 aliphatic carbocycles. The maximum absolute atomic E-state index is 14.5. The van der Waals surface area contributed by atoms with E-state index in [1.54, 1.807) is 0 Å². The zero-order valence-electron chi connectivity index (χ0n) is 14.6. The first-order valence-electron chi connectivity index (χ1n) is 8.86. The lowest BCUT2D eigenvalue weighted by atomic mass is 9.75. The van der Waals surface area contributed by atoms with Crippen LogP contribution in [0, 0.1) is 17.6 Å². The summed E-state index contributed by atoms with van der Waals surface area (Å²) in [6, 6.07) is 12.3. The second-order valence-electron chi connectivity index (χ2n) is 7.00. The molecule has 0 saturated carbocycles. The first kappa shape index (κ1) is 19.0. The highest BCUT2D eigenvalue weighted by molar-refractivity contribution is 9.10. The van der Waals surface area contributed by atoms with Crippen LogP contribution in [-0.2, 0) is 26.5 Å². The van der Waals surface area contributed by atoms with Crippen LogP contribution in [0.25, 0.3) is 0 Å². The van der Waals surface area contributed by atoms with E-state index in [1.807, 2.05) is 30.3 Å². The smallest absolute Gasteiger partial charge is 0.140 e. The molecule has 2 aromatic rings. The van der Waals surface area contributed by atoms with Gasteiger partial charge in [0, 0.05) is 17.5 Å². The van der Waals surface area contributed by atoms with Crippen molar-refractivity contribution >= 4 is 15.9 Å². The van der Waals surface area contributed by atoms with Gasteiger partial charge in [-0.3, -0.25) is 0 Å². The van der Waals surface area contributed by atoms with Crippen molar-refractivity contribution in [1.29, 1.82) is 0 Å². The number of halogens is 3. The highest BCUT2D eigenvalue weighted by atomic mass is 79.9. The number of fused-ring (bicyclic) bond motifs is 1. The zero-order chi connectivity index (χ0) is 18.9. The fraction of sp³-hybridized carbons (Fsp3) is 0.400. The Balaban J connectivity index is 1.43. The summed E-state index contributed by atoms with van der Waals surface area (Å²) in [5.41, 5.74) is 3.56. The third kappa shape index (κ3) is 3.79. The van der Waals surface area contributed by atoms with Gasteiger partial charge < -0.3 is 14.3 Å². The van der Waals surface area contributed by atoms with Gasteiger partial charge in [0.15, 0.2) is 0 Å². The van der Waals surface area contributed by atoms with Crippen LogP contribution in [0.1, 0.15) is 17.5 Å². The number of hydroxylamine groups is 1. The van der Waals surface area contributed by atoms with E-state index in [2.05, 4.69) is 21.4 Å². The van der Waals surface area contributed by atoms with E-state index in [-0.39, 0.29) is 23.1 Å². The molecule has 2 heterocycles. The Labute approximate surface area is 164 Å². The molecule has 144 valence electrons. The molecule has 4 nitrogen and oxygen atoms in total. The number of nitrogens with one attached hydrogen (secondary N) is 1. The molecule has 0 radical (unpaired) electrons. The van der Waals surface area contributed by atoms with Crippen LogP contribution in [0.5, 0.6) is 0 Å². The van der Waals surface area contributed by atoms with Gasteiger partial charge in [-0.25, -0.2) is 8.78 Å². The number of hydrogen-bond acceptors (Lipinski definition) is 4. The summed E-state index contributed by atoms with van der Waals surface area (Å²) < 4.78 is 40.1. The Hall–Kier alpha value is -1.38. The minimum atomic E-state index is -0.823. The third-order valence-electron chi connectivity index (χ3n) is 5.24. The summed E-state index contributed by atoms with van der Waals surface area (Å²) in [7, 11) is 0. The van der Waals surface area contributed by atoms with E-state index < -0.39 is 17.2 Å². The molecule has 0 amide bonds. The lowest BCUT2D eigenvalue weighted by Crippen LogP contribution is -2.52. The predicted octanol–water partition coefficient (Wildman–Crippen LogP) is 4.08. The largest absolute Gasteiger partial charge is 0.374 e. The van der Waals surface area contributed by atoms with Crippen molar-refractivity contribution in [2.75, 3.05) is 19.8 Å². The van der Waals surface area contributed by atoms with E-state index >= 15 is 0 Å². The molecule has 1 N–H and O–H groups in total. The quantitative estimate of drug-likeness (QED) is 0.712. The number of hydrogen-bond donors (Lipinski definition) is 1. The Morgan fingerprint density at radius 1 is 1.19 bits per heavy atom. The first-order valence-corrected chi connectivity index (χ1v) is 9.65. The molecule has 0 spiro atoms. The van der Waals surface area contributed by atoms with Gasteiger partial charge >= 0.3 is 0 Å². The Morgan fingerprint density at radius 2 is 2.00 bits per heavy atom. The van der Waals surface area contributed by atoms with Crippen LogP contribution in [0.3, 0.4) is 0 Å². The zero-order valence-corrected chi connectivity index (χ0v) is 16.2. The third-order valence-corrected chi connectivity index (χ3v) is 5.84. The standard InChI is InChI=1S/C20H20BrF2NO3/c21-17-7-16(18(22)8-19(17)23)20-12-26-15(6-14(20)10-27-24-20)11-25-9-13-4-2-1-3-5-13/h1-5,7-8,14-15,24H,6,9-12H2/t14-,15+,20-/m0/s1. The average Bonchev–Trinajstić information content (AvgIpc) is 3.09. The van der Waals surface area contributed by atoms with Crippen molar-refractivity contribution in [3.63, 3.8) is 0 Å². The fourth-order valence-electron chi connectivity index (χ4n) is 3.76. The SMILES string of the molecule is Fc1cc(F)c([C@]23CO[C@@H](COCc4ccccc4)C[C@H]2CON3)cc1Br. The van der Waals surface area contributed by atoms with Gasteiger partial charge in [-0.1, -0.05) is 30.3 Å². The number of benzene rings is 2. The molecular weight excluding hydrogens is 420 g/mol. The second-order valence-corrected chi connectivity index (χ2v) is 7.85. The average molecular weight is 440 g/mol. The minimum Gasteiger partial charge on any atom is -0.374 e. The topological polar surface area (TPSA) is 39.7 Å². The fourth-order valence-corrected chi connectivity index (χ4v) is 4.11. The van der Waals surface area contributed by atoms with Crippen LogP contribution >= 0.6 is 15.9 Å². The maximum Gasteiger partial charge on any atom is 0.140 e. The Bertz CT molecular complexity index is 807. The first-order chi connectivity index (χ1) is 13.1. The van der Waals surface area contributed by atoms with E-state index in [4.69, 9.17) is 14.3 Å². The van der Waals surface area contributed by atoms with E-state index in [9.17, 15) is 8.78 Å². The second kappa shape index (κ2) is 7.93. The van der Waals surface area contributed by atoms with Crippen LogP contribution in [0.15, 0.2) is 46.9 Å². The molecule has 0 aromatic heterocycles. The van der Waals surface area contributed by atoms with Crippen molar-refractivity contribution in [3.8, 4) is 0 Å². The molecule has 2 aliphatic rings. The summed E-state index contributed by atoms with van der Waals surface area (Å²) >= 11 is 3.14. The Morgan fingerprint density at radius 3 is 2.81 bits per heavy atom. The van der Waals surface area contributed by atoms with Crippen LogP contribution in [0.4, 0.5) is 8.78 Å². The number of rotatable bonds is 5. The molecule has 2 fully saturated rings. The molecule has 0 unspecified atom stereocenters. The molecule has 2 saturated heterocycles. The molecule has 4 rings (SSSR count). The minimum absolute atomic E-state index is 0.00318. The van der Waals surface area contributed by atoms with E-state index in [0.717, 1.165) is 11.6 Å². The summed E-state index contributed by atoms with van der Waals surface area (Å²) in [6.45, 7) is 1.64. The summed E-state index contributed by atoms with van der Waals surface area (Å²) in [5, 5.41) is 0. The molecular formula is C20H20BrF2NO3. The van der Waals surface area contributed by atoms with Gasteiger partial charge in [0.1, 0.15) is 11.6 Å². The van der Waals surface area contributed by atoms with Crippen molar-refractivity contribution in [3.05, 3.63) is 69.7 Å². The lowest BCUT2D eigenvalue weighted by molar-refractivity contribution is -0.0996. The van der Waals surface area contributed by atoms with Crippen LogP contribution in [-0.4, -0.2) is 25.9 Å². The molecule has 27 heavy (non-hydrogen) atoms. The van der Waals surface area contributed by atoms with Gasteiger partial charge in [0.25, 0.3) is 0 Å². The number of ether oxygens (including phenoxy) is 2. The van der Waals surface area contributed by atoms with Crippen LogP contribution < -0.4 is 5.48 Å². The molecule has 2 aliphatic heterocycles.